The summed E-state index contributed by atoms with van der Waals surface area (Å²) in [6.45, 7) is 2.50. The molecule has 1 aliphatic rings. The van der Waals surface area contributed by atoms with E-state index in [1.807, 2.05) is 18.2 Å². The molecule has 25 heavy (non-hydrogen) atoms. The molecule has 2 N–H and O–H groups in total. The van der Waals surface area contributed by atoms with Crippen LogP contribution in [0.15, 0.2) is 30.3 Å². The van der Waals surface area contributed by atoms with Gasteiger partial charge < -0.3 is 15.5 Å². The van der Waals surface area contributed by atoms with Crippen molar-refractivity contribution in [3.05, 3.63) is 35.9 Å². The largest absolute Gasteiger partial charge is 0.340 e. The van der Waals surface area contributed by atoms with E-state index >= 15 is 0 Å². The first-order valence-electron chi connectivity index (χ1n) is 9.00. The number of benzene rings is 1. The van der Waals surface area contributed by atoms with Gasteiger partial charge in [-0.05, 0) is 24.8 Å². The van der Waals surface area contributed by atoms with Gasteiger partial charge in [0.05, 0.1) is 6.54 Å². The number of rotatable bonds is 7. The number of halogens is 1. The van der Waals surface area contributed by atoms with Crippen molar-refractivity contribution >= 4 is 24.2 Å². The molecule has 1 aromatic carbocycles. The third kappa shape index (κ3) is 7.45. The fourth-order valence-electron chi connectivity index (χ4n) is 3.07. The number of likely N-dealkylation sites (tertiary alicyclic amines) is 1. The summed E-state index contributed by atoms with van der Waals surface area (Å²) in [7, 11) is 0. The van der Waals surface area contributed by atoms with Gasteiger partial charge in [0.2, 0.25) is 11.8 Å². The van der Waals surface area contributed by atoms with Crippen molar-refractivity contribution in [2.75, 3.05) is 32.7 Å². The summed E-state index contributed by atoms with van der Waals surface area (Å²) >= 11 is 0. The number of nitrogens with two attached hydrogens (primary N) is 1. The number of carbonyl (C=O) groups excluding carboxylic acids is 2. The highest BCUT2D eigenvalue weighted by Gasteiger charge is 2.21. The molecular formula is C19H30ClN3O2. The fraction of sp³-hybridized carbons (Fsp3) is 0.579. The Kier molecular flexibility index (Phi) is 10.2. The number of carbonyl (C=O) groups is 2. The second-order valence-corrected chi connectivity index (χ2v) is 6.38. The third-order valence-electron chi connectivity index (χ3n) is 4.51. The minimum Gasteiger partial charge on any atom is -0.340 e. The third-order valence-corrected chi connectivity index (χ3v) is 4.51. The Hall–Kier alpha value is -1.59. The van der Waals surface area contributed by atoms with E-state index < -0.39 is 0 Å². The Morgan fingerprint density at radius 1 is 1.08 bits per heavy atom. The van der Waals surface area contributed by atoms with E-state index in [0.717, 1.165) is 32.1 Å². The summed E-state index contributed by atoms with van der Waals surface area (Å²) in [6.07, 6.45) is 5.54. The number of nitrogens with zero attached hydrogens (tertiary/aromatic N) is 2. The van der Waals surface area contributed by atoms with Gasteiger partial charge in [0, 0.05) is 32.6 Å². The van der Waals surface area contributed by atoms with Crippen LogP contribution < -0.4 is 5.73 Å². The Balaban J connectivity index is 0.00000312. The van der Waals surface area contributed by atoms with E-state index in [4.69, 9.17) is 5.73 Å². The van der Waals surface area contributed by atoms with E-state index in [9.17, 15) is 9.59 Å². The summed E-state index contributed by atoms with van der Waals surface area (Å²) in [4.78, 5) is 28.4. The first-order valence-corrected chi connectivity index (χ1v) is 9.00. The normalized spacial score (nSPS) is 15.1. The maximum atomic E-state index is 12.6. The van der Waals surface area contributed by atoms with Crippen LogP contribution in [-0.2, 0) is 16.0 Å². The Labute approximate surface area is 157 Å². The van der Waals surface area contributed by atoms with Crippen molar-refractivity contribution in [1.29, 1.82) is 0 Å². The summed E-state index contributed by atoms with van der Waals surface area (Å²) in [5, 5.41) is 0. The van der Waals surface area contributed by atoms with Gasteiger partial charge in [-0.1, -0.05) is 43.2 Å². The molecule has 0 atom stereocenters. The topological polar surface area (TPSA) is 66.6 Å². The lowest BCUT2D eigenvalue weighted by molar-refractivity contribution is -0.140. The Morgan fingerprint density at radius 3 is 2.52 bits per heavy atom. The molecule has 1 aromatic rings. The Morgan fingerprint density at radius 2 is 1.80 bits per heavy atom. The van der Waals surface area contributed by atoms with E-state index in [0.29, 0.717) is 32.6 Å². The standard InChI is InChI=1S/C19H29N3O2.ClH/c20-12-15-21(14-11-17-8-4-3-5-9-17)19(24)16-22-13-7-2-1-6-10-18(22)23;/h3-5,8-9H,1-2,6-7,10-16,20H2;1H. The molecule has 6 heteroatoms. The molecule has 1 heterocycles. The van der Waals surface area contributed by atoms with E-state index in [1.54, 1.807) is 9.80 Å². The monoisotopic (exact) mass is 367 g/mol. The van der Waals surface area contributed by atoms with Gasteiger partial charge in [-0.15, -0.1) is 12.4 Å². The average Bonchev–Trinajstić information content (AvgIpc) is 2.59. The predicted octanol–water partition coefficient (Wildman–Crippen LogP) is 2.23. The molecule has 1 fully saturated rings. The van der Waals surface area contributed by atoms with Crippen molar-refractivity contribution in [3.8, 4) is 0 Å². The summed E-state index contributed by atoms with van der Waals surface area (Å²) in [5.74, 6) is 0.115. The zero-order valence-electron chi connectivity index (χ0n) is 14.9. The van der Waals surface area contributed by atoms with E-state index in [2.05, 4.69) is 12.1 Å². The van der Waals surface area contributed by atoms with Crippen LogP contribution in [0.2, 0.25) is 0 Å². The van der Waals surface area contributed by atoms with Crippen molar-refractivity contribution in [2.45, 2.75) is 38.5 Å². The van der Waals surface area contributed by atoms with Gasteiger partial charge in [0.1, 0.15) is 0 Å². The van der Waals surface area contributed by atoms with Crippen LogP contribution >= 0.6 is 12.4 Å². The molecule has 0 unspecified atom stereocenters. The molecule has 140 valence electrons. The van der Waals surface area contributed by atoms with Gasteiger partial charge in [-0.3, -0.25) is 9.59 Å². The van der Waals surface area contributed by atoms with Crippen molar-refractivity contribution in [1.82, 2.24) is 9.80 Å². The smallest absolute Gasteiger partial charge is 0.242 e. The second-order valence-electron chi connectivity index (χ2n) is 6.38. The van der Waals surface area contributed by atoms with Crippen LogP contribution in [0.25, 0.3) is 0 Å². The molecule has 0 spiro atoms. The van der Waals surface area contributed by atoms with Gasteiger partial charge in [-0.25, -0.2) is 0 Å². The van der Waals surface area contributed by atoms with E-state index in [-0.39, 0.29) is 30.8 Å². The van der Waals surface area contributed by atoms with Crippen LogP contribution in [0, 0.1) is 0 Å². The molecule has 0 bridgehead atoms. The zero-order chi connectivity index (χ0) is 17.2. The molecule has 0 aliphatic carbocycles. The number of hydrogen-bond donors (Lipinski definition) is 1. The first kappa shape index (κ1) is 21.5. The predicted molar refractivity (Wildman–Crippen MR) is 103 cm³/mol. The van der Waals surface area contributed by atoms with Crippen LogP contribution in [-0.4, -0.2) is 54.3 Å². The second kappa shape index (κ2) is 11.9. The number of amides is 2. The highest BCUT2D eigenvalue weighted by molar-refractivity contribution is 5.85. The van der Waals surface area contributed by atoms with Crippen molar-refractivity contribution in [3.63, 3.8) is 0 Å². The van der Waals surface area contributed by atoms with Crippen LogP contribution in [0.5, 0.6) is 0 Å². The lowest BCUT2D eigenvalue weighted by Gasteiger charge is -2.28. The maximum absolute atomic E-state index is 12.6. The average molecular weight is 368 g/mol. The molecule has 1 saturated heterocycles. The fourth-order valence-corrected chi connectivity index (χ4v) is 3.07. The SMILES string of the molecule is Cl.NCCN(CCc1ccccc1)C(=O)CN1CCCCCCC1=O. The van der Waals surface area contributed by atoms with E-state index in [1.165, 1.54) is 5.56 Å². The minimum absolute atomic E-state index is 0. The van der Waals surface area contributed by atoms with Crippen LogP contribution in [0.1, 0.15) is 37.7 Å². The molecule has 5 nitrogen and oxygen atoms in total. The highest BCUT2D eigenvalue weighted by Crippen LogP contribution is 2.12. The van der Waals surface area contributed by atoms with Gasteiger partial charge in [-0.2, -0.15) is 0 Å². The molecule has 0 aromatic heterocycles. The van der Waals surface area contributed by atoms with Crippen molar-refractivity contribution < 1.29 is 9.59 Å². The highest BCUT2D eigenvalue weighted by atomic mass is 35.5. The van der Waals surface area contributed by atoms with Crippen LogP contribution in [0.3, 0.4) is 0 Å². The summed E-state index contributed by atoms with van der Waals surface area (Å²) in [5.41, 5.74) is 6.87. The Bertz CT molecular complexity index is 525. The zero-order valence-corrected chi connectivity index (χ0v) is 15.7. The molecule has 2 rings (SSSR count). The van der Waals surface area contributed by atoms with Gasteiger partial charge in [0.25, 0.3) is 0 Å². The van der Waals surface area contributed by atoms with Crippen molar-refractivity contribution in [2.24, 2.45) is 5.73 Å². The summed E-state index contributed by atoms with van der Waals surface area (Å²) < 4.78 is 0. The van der Waals surface area contributed by atoms with Gasteiger partial charge >= 0.3 is 0 Å². The maximum Gasteiger partial charge on any atom is 0.242 e. The lowest BCUT2D eigenvalue weighted by atomic mass is 10.1. The quantitative estimate of drug-likeness (QED) is 0.803. The minimum atomic E-state index is 0. The molecule has 0 saturated carbocycles. The number of hydrogen-bond acceptors (Lipinski definition) is 3. The van der Waals surface area contributed by atoms with Gasteiger partial charge in [0.15, 0.2) is 0 Å². The lowest BCUT2D eigenvalue weighted by Crippen LogP contribution is -2.45. The van der Waals surface area contributed by atoms with Crippen LogP contribution in [0.4, 0.5) is 0 Å². The first-order chi connectivity index (χ1) is 11.7. The molecule has 0 radical (unpaired) electrons. The molecule has 1 aliphatic heterocycles. The summed E-state index contributed by atoms with van der Waals surface area (Å²) in [6, 6.07) is 10.1. The molecular weight excluding hydrogens is 338 g/mol. The molecule has 2 amide bonds.